The fraction of sp³-hybridized carbons (Fsp3) is 0.429. The van der Waals surface area contributed by atoms with Crippen LogP contribution in [0.2, 0.25) is 0 Å². The van der Waals surface area contributed by atoms with Gasteiger partial charge in [-0.25, -0.2) is 0 Å². The van der Waals surface area contributed by atoms with Gasteiger partial charge in [-0.05, 0) is 30.7 Å². The lowest BCUT2D eigenvalue weighted by Gasteiger charge is -2.21. The van der Waals surface area contributed by atoms with Gasteiger partial charge in [0, 0.05) is 12.2 Å². The summed E-state index contributed by atoms with van der Waals surface area (Å²) >= 11 is 0. The first-order chi connectivity index (χ1) is 9.15. The highest BCUT2D eigenvalue weighted by atomic mass is 16.2. The second kappa shape index (κ2) is 8.11. The molecular formula is C14H20N4O. The maximum absolute atomic E-state index is 11.6. The summed E-state index contributed by atoms with van der Waals surface area (Å²) in [6.45, 7) is 3.97. The van der Waals surface area contributed by atoms with Gasteiger partial charge in [-0.3, -0.25) is 9.69 Å². The van der Waals surface area contributed by atoms with Crippen LogP contribution in [0.4, 0.5) is 5.69 Å². The molecule has 0 unspecified atom stereocenters. The van der Waals surface area contributed by atoms with E-state index in [1.165, 1.54) is 0 Å². The van der Waals surface area contributed by atoms with Crippen LogP contribution in [-0.4, -0.2) is 30.4 Å². The Morgan fingerprint density at radius 2 is 2.11 bits per heavy atom. The molecule has 19 heavy (non-hydrogen) atoms. The summed E-state index contributed by atoms with van der Waals surface area (Å²) in [5.41, 5.74) is 7.50. The van der Waals surface area contributed by atoms with Crippen LogP contribution in [0.15, 0.2) is 24.3 Å². The van der Waals surface area contributed by atoms with E-state index in [1.807, 2.05) is 30.3 Å². The smallest absolute Gasteiger partial charge is 0.235 e. The van der Waals surface area contributed by atoms with Crippen molar-refractivity contribution in [2.45, 2.75) is 19.9 Å². The van der Waals surface area contributed by atoms with Crippen molar-refractivity contribution in [2.75, 3.05) is 25.4 Å². The van der Waals surface area contributed by atoms with Crippen LogP contribution in [0.3, 0.4) is 0 Å². The number of hydrogen-bond donors (Lipinski definition) is 2. The molecule has 0 aliphatic heterocycles. The van der Waals surface area contributed by atoms with Gasteiger partial charge in [0.1, 0.15) is 6.54 Å². The monoisotopic (exact) mass is 260 g/mol. The maximum atomic E-state index is 11.6. The highest BCUT2D eigenvalue weighted by Gasteiger charge is 2.10. The van der Waals surface area contributed by atoms with E-state index >= 15 is 0 Å². The van der Waals surface area contributed by atoms with E-state index in [1.54, 1.807) is 0 Å². The molecule has 1 aromatic carbocycles. The summed E-state index contributed by atoms with van der Waals surface area (Å²) in [6.07, 6.45) is 0.973. The molecule has 1 rings (SSSR count). The van der Waals surface area contributed by atoms with Crippen LogP contribution in [0.25, 0.3) is 0 Å². The lowest BCUT2D eigenvalue weighted by molar-refractivity contribution is -0.122. The van der Waals surface area contributed by atoms with E-state index in [9.17, 15) is 4.79 Å². The van der Waals surface area contributed by atoms with E-state index in [0.29, 0.717) is 13.1 Å². The summed E-state index contributed by atoms with van der Waals surface area (Å²) in [5, 5.41) is 11.0. The van der Waals surface area contributed by atoms with Crippen LogP contribution in [0.5, 0.6) is 0 Å². The molecule has 5 nitrogen and oxygen atoms in total. The summed E-state index contributed by atoms with van der Waals surface area (Å²) in [5.74, 6) is -0.120. The zero-order chi connectivity index (χ0) is 14.1. The highest BCUT2D eigenvalue weighted by Crippen LogP contribution is 2.08. The Bertz CT molecular complexity index is 436. The van der Waals surface area contributed by atoms with Crippen LogP contribution >= 0.6 is 0 Å². The molecule has 0 heterocycles. The Labute approximate surface area is 114 Å². The standard InChI is InChI=1S/C14H20N4O/c1-2-9-18(11-14(19)17-8-7-15)10-12-3-5-13(16)6-4-12/h3-6H,2,8-11,16H2,1H3,(H,17,19). The number of amides is 1. The number of carbonyl (C=O) groups excluding carboxylic acids is 1. The van der Waals surface area contributed by atoms with Crippen molar-refractivity contribution in [3.8, 4) is 6.07 Å². The third kappa shape index (κ3) is 5.89. The Hall–Kier alpha value is -2.06. The lowest BCUT2D eigenvalue weighted by Crippen LogP contribution is -2.37. The number of nitrogens with zero attached hydrogens (tertiary/aromatic N) is 2. The van der Waals surface area contributed by atoms with Crippen molar-refractivity contribution in [1.29, 1.82) is 5.26 Å². The summed E-state index contributed by atoms with van der Waals surface area (Å²) in [4.78, 5) is 13.7. The molecule has 102 valence electrons. The molecule has 0 radical (unpaired) electrons. The van der Waals surface area contributed by atoms with Gasteiger partial charge in [0.2, 0.25) is 5.91 Å². The number of benzene rings is 1. The van der Waals surface area contributed by atoms with Crippen molar-refractivity contribution in [3.63, 3.8) is 0 Å². The predicted molar refractivity (Wildman–Crippen MR) is 75.0 cm³/mol. The van der Waals surface area contributed by atoms with Crippen LogP contribution < -0.4 is 11.1 Å². The summed E-state index contributed by atoms with van der Waals surface area (Å²) in [6, 6.07) is 9.54. The molecule has 0 fully saturated rings. The topological polar surface area (TPSA) is 82.2 Å². The van der Waals surface area contributed by atoms with Gasteiger partial charge < -0.3 is 11.1 Å². The minimum atomic E-state index is -0.120. The van der Waals surface area contributed by atoms with E-state index in [-0.39, 0.29) is 12.5 Å². The van der Waals surface area contributed by atoms with Gasteiger partial charge in [0.15, 0.2) is 0 Å². The Morgan fingerprint density at radius 3 is 2.68 bits per heavy atom. The summed E-state index contributed by atoms with van der Waals surface area (Å²) < 4.78 is 0. The van der Waals surface area contributed by atoms with Gasteiger partial charge in [0.25, 0.3) is 0 Å². The lowest BCUT2D eigenvalue weighted by atomic mass is 10.2. The zero-order valence-electron chi connectivity index (χ0n) is 11.2. The quantitative estimate of drug-likeness (QED) is 0.568. The van der Waals surface area contributed by atoms with Crippen molar-refractivity contribution in [1.82, 2.24) is 10.2 Å². The number of nitrogens with one attached hydrogen (secondary N) is 1. The van der Waals surface area contributed by atoms with Crippen LogP contribution in [0.1, 0.15) is 18.9 Å². The Kier molecular flexibility index (Phi) is 6.41. The molecule has 1 amide bonds. The minimum Gasteiger partial charge on any atom is -0.399 e. The number of hydrogen-bond acceptors (Lipinski definition) is 4. The average Bonchev–Trinajstić information content (AvgIpc) is 2.39. The van der Waals surface area contributed by atoms with Gasteiger partial charge in [-0.2, -0.15) is 5.26 Å². The molecule has 0 saturated heterocycles. The zero-order valence-corrected chi connectivity index (χ0v) is 11.2. The SMILES string of the molecule is CCCN(CC(=O)NCC#N)Cc1ccc(N)cc1. The van der Waals surface area contributed by atoms with Crippen molar-refractivity contribution < 1.29 is 4.79 Å². The molecular weight excluding hydrogens is 240 g/mol. The molecule has 5 heteroatoms. The van der Waals surface area contributed by atoms with Crippen LogP contribution in [0, 0.1) is 11.3 Å². The normalized spacial score (nSPS) is 10.2. The van der Waals surface area contributed by atoms with Crippen molar-refractivity contribution in [2.24, 2.45) is 0 Å². The predicted octanol–water partition coefficient (Wildman–Crippen LogP) is 1.12. The number of rotatable bonds is 7. The van der Waals surface area contributed by atoms with Gasteiger partial charge >= 0.3 is 0 Å². The van der Waals surface area contributed by atoms with E-state index in [4.69, 9.17) is 11.0 Å². The van der Waals surface area contributed by atoms with E-state index in [0.717, 1.165) is 24.2 Å². The molecule has 0 atom stereocenters. The maximum Gasteiger partial charge on any atom is 0.235 e. The number of nitrogen functional groups attached to an aromatic ring is 1. The minimum absolute atomic E-state index is 0.0562. The average molecular weight is 260 g/mol. The molecule has 0 spiro atoms. The molecule has 0 aromatic heterocycles. The Balaban J connectivity index is 2.54. The van der Waals surface area contributed by atoms with E-state index < -0.39 is 0 Å². The molecule has 0 aliphatic rings. The molecule has 0 saturated carbocycles. The van der Waals surface area contributed by atoms with Gasteiger partial charge in [-0.1, -0.05) is 19.1 Å². The molecule has 0 bridgehead atoms. The van der Waals surface area contributed by atoms with Gasteiger partial charge in [-0.15, -0.1) is 0 Å². The fourth-order valence-corrected chi connectivity index (χ4v) is 1.81. The molecule has 3 N–H and O–H groups in total. The molecule has 0 aliphatic carbocycles. The highest BCUT2D eigenvalue weighted by molar-refractivity contribution is 5.78. The first kappa shape index (κ1) is 15.0. The van der Waals surface area contributed by atoms with Crippen LogP contribution in [-0.2, 0) is 11.3 Å². The third-order valence-corrected chi connectivity index (χ3v) is 2.66. The fourth-order valence-electron chi connectivity index (χ4n) is 1.81. The van der Waals surface area contributed by atoms with Gasteiger partial charge in [0.05, 0.1) is 12.6 Å². The third-order valence-electron chi connectivity index (χ3n) is 2.66. The Morgan fingerprint density at radius 1 is 1.42 bits per heavy atom. The second-order valence-electron chi connectivity index (χ2n) is 4.39. The van der Waals surface area contributed by atoms with Crippen molar-refractivity contribution >= 4 is 11.6 Å². The second-order valence-corrected chi connectivity index (χ2v) is 4.39. The molecule has 1 aromatic rings. The number of nitrogens with two attached hydrogens (primary N) is 1. The largest absolute Gasteiger partial charge is 0.399 e. The first-order valence-corrected chi connectivity index (χ1v) is 6.36. The number of anilines is 1. The number of nitriles is 1. The number of carbonyl (C=O) groups is 1. The van der Waals surface area contributed by atoms with E-state index in [2.05, 4.69) is 17.1 Å². The first-order valence-electron chi connectivity index (χ1n) is 6.36. The van der Waals surface area contributed by atoms with Crippen molar-refractivity contribution in [3.05, 3.63) is 29.8 Å². The summed E-state index contributed by atoms with van der Waals surface area (Å²) in [7, 11) is 0.